The van der Waals surface area contributed by atoms with E-state index in [0.29, 0.717) is 18.9 Å². The van der Waals surface area contributed by atoms with Crippen LogP contribution in [0.15, 0.2) is 0 Å². The third-order valence-corrected chi connectivity index (χ3v) is 1.64. The number of nitrogens with zero attached hydrogens (tertiary/aromatic N) is 4. The Kier molecular flexibility index (Phi) is 3.55. The lowest BCUT2D eigenvalue weighted by Crippen LogP contribution is -2.26. The van der Waals surface area contributed by atoms with Crippen LogP contribution in [-0.4, -0.2) is 40.0 Å². The summed E-state index contributed by atoms with van der Waals surface area (Å²) in [6.45, 7) is 1.92. The zero-order chi connectivity index (χ0) is 10.6. The van der Waals surface area contributed by atoms with E-state index in [1.807, 2.05) is 11.9 Å². The molecule has 1 heterocycles. The average Bonchev–Trinajstić information content (AvgIpc) is 2.01. The fourth-order valence-electron chi connectivity index (χ4n) is 1.07. The van der Waals surface area contributed by atoms with E-state index in [-0.39, 0.29) is 11.9 Å². The van der Waals surface area contributed by atoms with E-state index in [1.165, 1.54) is 0 Å². The second-order valence-electron chi connectivity index (χ2n) is 2.99. The number of aromatic nitrogens is 3. The standard InChI is InChI=1S/C7H15N7/c1-14(3-2-8)4-5-11-6(9)13-7(10)12-5/h2-4,8H2,1H3,(H4,9,10,11,12,13). The summed E-state index contributed by atoms with van der Waals surface area (Å²) < 4.78 is 0. The molecule has 1 rings (SSSR count). The number of hydrogen-bond donors (Lipinski definition) is 3. The molecule has 0 aromatic carbocycles. The summed E-state index contributed by atoms with van der Waals surface area (Å²) in [4.78, 5) is 13.6. The predicted molar refractivity (Wildman–Crippen MR) is 54.0 cm³/mol. The van der Waals surface area contributed by atoms with Gasteiger partial charge in [0.15, 0.2) is 0 Å². The summed E-state index contributed by atoms with van der Waals surface area (Å²) in [5.41, 5.74) is 16.2. The highest BCUT2D eigenvalue weighted by molar-refractivity contribution is 5.25. The van der Waals surface area contributed by atoms with Crippen molar-refractivity contribution < 1.29 is 0 Å². The Labute approximate surface area is 82.3 Å². The Morgan fingerprint density at radius 1 is 1.14 bits per heavy atom. The normalized spacial score (nSPS) is 10.8. The van der Waals surface area contributed by atoms with E-state index in [2.05, 4.69) is 15.0 Å². The van der Waals surface area contributed by atoms with Crippen molar-refractivity contribution >= 4 is 11.9 Å². The number of nitrogen functional groups attached to an aromatic ring is 2. The molecule has 1 aromatic rings. The quantitative estimate of drug-likeness (QED) is 0.533. The van der Waals surface area contributed by atoms with Gasteiger partial charge in [-0.15, -0.1) is 0 Å². The van der Waals surface area contributed by atoms with Crippen molar-refractivity contribution in [3.8, 4) is 0 Å². The van der Waals surface area contributed by atoms with E-state index >= 15 is 0 Å². The Morgan fingerprint density at radius 2 is 1.71 bits per heavy atom. The monoisotopic (exact) mass is 197 g/mol. The van der Waals surface area contributed by atoms with E-state index < -0.39 is 0 Å². The van der Waals surface area contributed by atoms with Gasteiger partial charge in [-0.1, -0.05) is 0 Å². The molecule has 0 bridgehead atoms. The minimum Gasteiger partial charge on any atom is -0.368 e. The molecule has 0 aliphatic rings. The summed E-state index contributed by atoms with van der Waals surface area (Å²) in [6, 6.07) is 0. The van der Waals surface area contributed by atoms with Crippen LogP contribution in [0.1, 0.15) is 5.82 Å². The number of anilines is 2. The van der Waals surface area contributed by atoms with E-state index in [0.717, 1.165) is 6.54 Å². The van der Waals surface area contributed by atoms with Crippen LogP contribution >= 0.6 is 0 Å². The maximum atomic E-state index is 5.42. The molecule has 0 atom stereocenters. The van der Waals surface area contributed by atoms with Gasteiger partial charge in [-0.2, -0.15) is 15.0 Å². The summed E-state index contributed by atoms with van der Waals surface area (Å²) in [6.07, 6.45) is 0. The fourth-order valence-corrected chi connectivity index (χ4v) is 1.07. The highest BCUT2D eigenvalue weighted by atomic mass is 15.2. The Hall–Kier alpha value is -1.47. The molecular formula is C7H15N7. The lowest BCUT2D eigenvalue weighted by atomic mass is 10.5. The first kappa shape index (κ1) is 10.6. The summed E-state index contributed by atoms with van der Waals surface area (Å²) in [5.74, 6) is 0.855. The molecule has 0 saturated carbocycles. The van der Waals surface area contributed by atoms with Crippen LogP contribution in [0.3, 0.4) is 0 Å². The molecule has 0 aliphatic heterocycles. The summed E-state index contributed by atoms with van der Waals surface area (Å²) in [7, 11) is 1.92. The topological polar surface area (TPSA) is 120 Å². The van der Waals surface area contributed by atoms with Crippen molar-refractivity contribution in [2.45, 2.75) is 6.54 Å². The van der Waals surface area contributed by atoms with Crippen LogP contribution in [0.4, 0.5) is 11.9 Å². The molecule has 1 aromatic heterocycles. The Balaban J connectivity index is 2.66. The van der Waals surface area contributed by atoms with Crippen molar-refractivity contribution in [1.29, 1.82) is 0 Å². The smallest absolute Gasteiger partial charge is 0.225 e. The lowest BCUT2D eigenvalue weighted by Gasteiger charge is -2.13. The van der Waals surface area contributed by atoms with Gasteiger partial charge in [0.2, 0.25) is 11.9 Å². The average molecular weight is 197 g/mol. The van der Waals surface area contributed by atoms with Gasteiger partial charge < -0.3 is 17.2 Å². The van der Waals surface area contributed by atoms with Gasteiger partial charge in [-0.05, 0) is 7.05 Å². The maximum absolute atomic E-state index is 5.42. The van der Waals surface area contributed by atoms with Gasteiger partial charge in [0.05, 0.1) is 6.54 Å². The van der Waals surface area contributed by atoms with E-state index in [9.17, 15) is 0 Å². The molecule has 78 valence electrons. The van der Waals surface area contributed by atoms with Gasteiger partial charge in [0, 0.05) is 13.1 Å². The van der Waals surface area contributed by atoms with Gasteiger partial charge in [0.1, 0.15) is 5.82 Å². The molecule has 14 heavy (non-hydrogen) atoms. The third-order valence-electron chi connectivity index (χ3n) is 1.64. The van der Waals surface area contributed by atoms with Crippen molar-refractivity contribution in [3.05, 3.63) is 5.82 Å². The second-order valence-corrected chi connectivity index (χ2v) is 2.99. The number of hydrogen-bond acceptors (Lipinski definition) is 7. The van der Waals surface area contributed by atoms with Crippen molar-refractivity contribution in [1.82, 2.24) is 19.9 Å². The molecule has 0 radical (unpaired) electrons. The molecule has 6 N–H and O–H groups in total. The second kappa shape index (κ2) is 4.68. The van der Waals surface area contributed by atoms with E-state index in [4.69, 9.17) is 17.2 Å². The van der Waals surface area contributed by atoms with Crippen LogP contribution in [0.25, 0.3) is 0 Å². The largest absolute Gasteiger partial charge is 0.368 e. The van der Waals surface area contributed by atoms with Gasteiger partial charge >= 0.3 is 0 Å². The van der Waals surface area contributed by atoms with E-state index in [1.54, 1.807) is 0 Å². The lowest BCUT2D eigenvalue weighted by molar-refractivity contribution is 0.327. The highest BCUT2D eigenvalue weighted by Gasteiger charge is 2.04. The number of likely N-dealkylation sites (N-methyl/N-ethyl adjacent to an activating group) is 1. The molecule has 0 amide bonds. The van der Waals surface area contributed by atoms with Gasteiger partial charge in [0.25, 0.3) is 0 Å². The minimum atomic E-state index is 0.147. The van der Waals surface area contributed by atoms with Gasteiger partial charge in [-0.25, -0.2) is 0 Å². The van der Waals surface area contributed by atoms with Crippen molar-refractivity contribution in [2.75, 3.05) is 31.6 Å². The van der Waals surface area contributed by atoms with Crippen molar-refractivity contribution in [2.24, 2.45) is 5.73 Å². The minimum absolute atomic E-state index is 0.147. The zero-order valence-corrected chi connectivity index (χ0v) is 8.14. The maximum Gasteiger partial charge on any atom is 0.225 e. The number of rotatable bonds is 4. The molecule has 0 saturated heterocycles. The molecule has 0 unspecified atom stereocenters. The fraction of sp³-hybridized carbons (Fsp3) is 0.571. The third kappa shape index (κ3) is 3.11. The van der Waals surface area contributed by atoms with Crippen molar-refractivity contribution in [3.63, 3.8) is 0 Å². The molecule has 0 fully saturated rings. The van der Waals surface area contributed by atoms with Crippen LogP contribution in [-0.2, 0) is 6.54 Å². The van der Waals surface area contributed by atoms with Gasteiger partial charge in [-0.3, -0.25) is 4.90 Å². The molecule has 7 heteroatoms. The summed E-state index contributed by atoms with van der Waals surface area (Å²) >= 11 is 0. The predicted octanol–water partition coefficient (Wildman–Crippen LogP) is -1.57. The van der Waals surface area contributed by atoms with Crippen LogP contribution in [0.2, 0.25) is 0 Å². The van der Waals surface area contributed by atoms with Crippen LogP contribution in [0, 0.1) is 0 Å². The van der Waals surface area contributed by atoms with Crippen LogP contribution in [0.5, 0.6) is 0 Å². The SMILES string of the molecule is CN(CCN)Cc1nc(N)nc(N)n1. The highest BCUT2D eigenvalue weighted by Crippen LogP contribution is 2.00. The Bertz CT molecular complexity index is 280. The first-order valence-electron chi connectivity index (χ1n) is 4.26. The molecule has 7 nitrogen and oxygen atoms in total. The number of nitrogens with two attached hydrogens (primary N) is 3. The molecule has 0 spiro atoms. The van der Waals surface area contributed by atoms with Crippen LogP contribution < -0.4 is 17.2 Å². The zero-order valence-electron chi connectivity index (χ0n) is 8.14. The molecule has 0 aliphatic carbocycles. The first-order chi connectivity index (χ1) is 6.61. The summed E-state index contributed by atoms with van der Waals surface area (Å²) in [5, 5.41) is 0. The molecular weight excluding hydrogens is 182 g/mol. The first-order valence-corrected chi connectivity index (χ1v) is 4.26. The Morgan fingerprint density at radius 3 is 2.21 bits per heavy atom.